The van der Waals surface area contributed by atoms with Gasteiger partial charge in [0.05, 0.1) is 12.7 Å². The van der Waals surface area contributed by atoms with Gasteiger partial charge in [-0.1, -0.05) is 11.2 Å². The number of ether oxygens (including phenoxy) is 1. The van der Waals surface area contributed by atoms with Gasteiger partial charge in [0.25, 0.3) is 5.78 Å². The molecule has 1 saturated heterocycles. The molecule has 1 N–H and O–H groups in total. The number of methoxy groups -OCH3 is 1. The van der Waals surface area contributed by atoms with Gasteiger partial charge in [-0.05, 0) is 42.6 Å². The summed E-state index contributed by atoms with van der Waals surface area (Å²) in [5.41, 5.74) is 0.426. The van der Waals surface area contributed by atoms with E-state index in [4.69, 9.17) is 9.26 Å². The summed E-state index contributed by atoms with van der Waals surface area (Å²) in [6.07, 6.45) is 0. The number of nitrogens with zero attached hydrogens (tertiary/aromatic N) is 2. The van der Waals surface area contributed by atoms with Gasteiger partial charge in [0.2, 0.25) is 0 Å². The van der Waals surface area contributed by atoms with E-state index in [-0.39, 0.29) is 17.2 Å². The first kappa shape index (κ1) is 18.0. The Bertz CT molecular complexity index is 1070. The van der Waals surface area contributed by atoms with E-state index in [0.717, 1.165) is 4.88 Å². The van der Waals surface area contributed by atoms with Crippen LogP contribution in [0.1, 0.15) is 22.2 Å². The Morgan fingerprint density at radius 1 is 1.25 bits per heavy atom. The predicted molar refractivity (Wildman–Crippen MR) is 103 cm³/mol. The number of benzene rings is 1. The molecule has 1 unspecified atom stereocenters. The number of anilines is 1. The quantitative estimate of drug-likeness (QED) is 0.411. The minimum Gasteiger partial charge on any atom is -0.507 e. The van der Waals surface area contributed by atoms with Gasteiger partial charge in [0, 0.05) is 16.5 Å². The highest BCUT2D eigenvalue weighted by Gasteiger charge is 2.48. The molecule has 28 heavy (non-hydrogen) atoms. The molecule has 1 aliphatic rings. The minimum absolute atomic E-state index is 0.0123. The van der Waals surface area contributed by atoms with Crippen LogP contribution in [0.4, 0.5) is 5.82 Å². The van der Waals surface area contributed by atoms with Crippen LogP contribution in [0.25, 0.3) is 5.76 Å². The number of carbonyl (C=O) groups is 2. The van der Waals surface area contributed by atoms with Crippen molar-refractivity contribution in [1.82, 2.24) is 5.16 Å². The Kier molecular flexibility index (Phi) is 4.48. The Hall–Kier alpha value is -3.39. The zero-order valence-corrected chi connectivity index (χ0v) is 15.9. The molecule has 3 aromatic rings. The molecule has 8 heteroatoms. The van der Waals surface area contributed by atoms with E-state index in [1.807, 2.05) is 17.5 Å². The Balaban J connectivity index is 1.89. The van der Waals surface area contributed by atoms with Crippen molar-refractivity contribution in [1.29, 1.82) is 0 Å². The molecule has 142 valence electrons. The zero-order valence-electron chi connectivity index (χ0n) is 15.1. The van der Waals surface area contributed by atoms with Gasteiger partial charge in [-0.3, -0.25) is 14.5 Å². The summed E-state index contributed by atoms with van der Waals surface area (Å²) in [7, 11) is 1.54. The topological polar surface area (TPSA) is 92.9 Å². The number of aliphatic hydroxyl groups excluding tert-OH is 1. The van der Waals surface area contributed by atoms with Crippen LogP contribution in [0.5, 0.6) is 5.75 Å². The molecule has 1 atom stereocenters. The van der Waals surface area contributed by atoms with Crippen LogP contribution >= 0.6 is 11.3 Å². The highest BCUT2D eigenvalue weighted by atomic mass is 32.1. The molecular formula is C20H16N2O5S. The van der Waals surface area contributed by atoms with E-state index in [2.05, 4.69) is 5.16 Å². The summed E-state index contributed by atoms with van der Waals surface area (Å²) in [5, 5.41) is 16.6. The number of carbonyl (C=O) groups excluding carboxylic acids is 2. The number of Topliss-reactive ketones (excluding diaryl/α,β-unsaturated/α-hetero) is 1. The standard InChI is InChI=1S/C20H16N2O5S/c1-11-10-15(21-27-11)22-17(14-4-3-9-28-14)16(19(24)20(22)25)18(23)12-5-7-13(26-2)8-6-12/h3-10,17,23H,1-2H3/b18-16+. The fraction of sp³-hybridized carbons (Fsp3) is 0.150. The Labute approximate surface area is 164 Å². The molecule has 0 aliphatic carbocycles. The van der Waals surface area contributed by atoms with Crippen molar-refractivity contribution >= 4 is 34.6 Å². The molecule has 0 radical (unpaired) electrons. The number of thiophene rings is 1. The van der Waals surface area contributed by atoms with Crippen molar-refractivity contribution in [3.05, 3.63) is 69.6 Å². The lowest BCUT2D eigenvalue weighted by Gasteiger charge is -2.21. The molecule has 1 aromatic carbocycles. The average Bonchev–Trinajstić information content (AvgIpc) is 3.43. The second-order valence-corrected chi connectivity index (χ2v) is 7.19. The lowest BCUT2D eigenvalue weighted by molar-refractivity contribution is -0.132. The van der Waals surface area contributed by atoms with Crippen molar-refractivity contribution in [2.24, 2.45) is 0 Å². The third kappa shape index (κ3) is 2.87. The van der Waals surface area contributed by atoms with Gasteiger partial charge < -0.3 is 14.4 Å². The summed E-state index contributed by atoms with van der Waals surface area (Å²) in [5.74, 6) is -0.426. The second-order valence-electron chi connectivity index (χ2n) is 6.21. The SMILES string of the molecule is COc1ccc(/C(O)=C2\C(=O)C(=O)N(c3cc(C)on3)C2c2cccs2)cc1. The molecule has 1 amide bonds. The van der Waals surface area contributed by atoms with E-state index < -0.39 is 17.7 Å². The zero-order chi connectivity index (χ0) is 19.8. The first-order valence-corrected chi connectivity index (χ1v) is 9.31. The molecule has 0 saturated carbocycles. The summed E-state index contributed by atoms with van der Waals surface area (Å²) >= 11 is 1.38. The Morgan fingerprint density at radius 2 is 2.00 bits per heavy atom. The molecule has 1 aliphatic heterocycles. The van der Waals surface area contributed by atoms with Crippen LogP contribution in [0.2, 0.25) is 0 Å². The molecule has 4 rings (SSSR count). The molecule has 7 nitrogen and oxygen atoms in total. The predicted octanol–water partition coefficient (Wildman–Crippen LogP) is 3.68. The van der Waals surface area contributed by atoms with Crippen molar-refractivity contribution in [3.63, 3.8) is 0 Å². The summed E-state index contributed by atoms with van der Waals surface area (Å²) < 4.78 is 10.2. The maximum atomic E-state index is 12.9. The van der Waals surface area contributed by atoms with E-state index >= 15 is 0 Å². The highest BCUT2D eigenvalue weighted by Crippen LogP contribution is 2.43. The molecule has 1 fully saturated rings. The smallest absolute Gasteiger partial charge is 0.301 e. The van der Waals surface area contributed by atoms with Crippen molar-refractivity contribution in [2.75, 3.05) is 12.0 Å². The molecule has 0 spiro atoms. The third-order valence-electron chi connectivity index (χ3n) is 4.48. The first-order valence-electron chi connectivity index (χ1n) is 8.43. The normalized spacial score (nSPS) is 18.6. The van der Waals surface area contributed by atoms with E-state index in [0.29, 0.717) is 17.1 Å². The molecule has 2 aromatic heterocycles. The monoisotopic (exact) mass is 396 g/mol. The number of aryl methyl sites for hydroxylation is 1. The van der Waals surface area contributed by atoms with Gasteiger partial charge in [-0.25, -0.2) is 0 Å². The average molecular weight is 396 g/mol. The van der Waals surface area contributed by atoms with E-state index in [1.165, 1.54) is 23.3 Å². The number of amides is 1. The van der Waals surface area contributed by atoms with Crippen molar-refractivity contribution < 1.29 is 24.0 Å². The van der Waals surface area contributed by atoms with Crippen LogP contribution in [-0.4, -0.2) is 29.1 Å². The van der Waals surface area contributed by atoms with Crippen LogP contribution in [0, 0.1) is 6.92 Å². The van der Waals surface area contributed by atoms with Gasteiger partial charge in [0.1, 0.15) is 23.3 Å². The van der Waals surface area contributed by atoms with Gasteiger partial charge in [-0.15, -0.1) is 11.3 Å². The summed E-state index contributed by atoms with van der Waals surface area (Å²) in [4.78, 5) is 27.6. The number of hydrogen-bond donors (Lipinski definition) is 1. The van der Waals surface area contributed by atoms with Gasteiger partial charge in [-0.2, -0.15) is 0 Å². The first-order chi connectivity index (χ1) is 13.5. The number of rotatable bonds is 4. The largest absolute Gasteiger partial charge is 0.507 e. The van der Waals surface area contributed by atoms with E-state index in [1.54, 1.807) is 37.3 Å². The summed E-state index contributed by atoms with van der Waals surface area (Å²) in [6, 6.07) is 11.0. The fourth-order valence-electron chi connectivity index (χ4n) is 3.16. The number of aromatic nitrogens is 1. The van der Waals surface area contributed by atoms with Crippen LogP contribution in [0.15, 0.2) is 57.9 Å². The number of aliphatic hydroxyl groups is 1. The van der Waals surface area contributed by atoms with Crippen LogP contribution in [0.3, 0.4) is 0 Å². The molecule has 0 bridgehead atoms. The molecular weight excluding hydrogens is 380 g/mol. The van der Waals surface area contributed by atoms with E-state index in [9.17, 15) is 14.7 Å². The summed E-state index contributed by atoms with van der Waals surface area (Å²) in [6.45, 7) is 1.70. The van der Waals surface area contributed by atoms with Crippen molar-refractivity contribution in [2.45, 2.75) is 13.0 Å². The van der Waals surface area contributed by atoms with Gasteiger partial charge >= 0.3 is 5.91 Å². The molecule has 3 heterocycles. The second kappa shape index (κ2) is 6.97. The maximum absolute atomic E-state index is 12.9. The number of hydrogen-bond acceptors (Lipinski definition) is 7. The fourth-order valence-corrected chi connectivity index (χ4v) is 3.98. The maximum Gasteiger partial charge on any atom is 0.301 e. The van der Waals surface area contributed by atoms with Crippen molar-refractivity contribution in [3.8, 4) is 5.75 Å². The lowest BCUT2D eigenvalue weighted by atomic mass is 10.00. The highest BCUT2D eigenvalue weighted by molar-refractivity contribution is 7.10. The Morgan fingerprint density at radius 3 is 2.57 bits per heavy atom. The van der Waals surface area contributed by atoms with Gasteiger partial charge in [0.15, 0.2) is 5.82 Å². The van der Waals surface area contributed by atoms with Crippen LogP contribution in [-0.2, 0) is 9.59 Å². The third-order valence-corrected chi connectivity index (χ3v) is 5.41. The lowest BCUT2D eigenvalue weighted by Crippen LogP contribution is -2.29. The van der Waals surface area contributed by atoms with Crippen LogP contribution < -0.4 is 9.64 Å². The minimum atomic E-state index is -0.786. The number of ketones is 1.